The molecule has 0 aromatic heterocycles. The third-order valence-corrected chi connectivity index (χ3v) is 4.41. The first kappa shape index (κ1) is 15.6. The maximum Gasteiger partial charge on any atom is 0.259 e. The van der Waals surface area contributed by atoms with Gasteiger partial charge in [-0.3, -0.25) is 19.7 Å². The number of carbonyl (C=O) groups is 3. The van der Waals surface area contributed by atoms with E-state index >= 15 is 0 Å². The molecule has 1 aliphatic rings. The zero-order valence-corrected chi connectivity index (χ0v) is 13.3. The van der Waals surface area contributed by atoms with E-state index in [-0.39, 0.29) is 17.2 Å². The third kappa shape index (κ3) is 3.55. The van der Waals surface area contributed by atoms with Crippen molar-refractivity contribution in [3.05, 3.63) is 58.6 Å². The number of nitrogens with one attached hydrogen (secondary N) is 2. The van der Waals surface area contributed by atoms with Crippen molar-refractivity contribution in [3.8, 4) is 0 Å². The van der Waals surface area contributed by atoms with Crippen LogP contribution >= 0.6 is 23.4 Å². The van der Waals surface area contributed by atoms with Crippen LogP contribution < -0.4 is 10.6 Å². The third-order valence-electron chi connectivity index (χ3n) is 3.19. The number of rotatable bonds is 4. The summed E-state index contributed by atoms with van der Waals surface area (Å²) in [6, 6.07) is 11.9. The molecule has 3 amide bonds. The Labute approximate surface area is 141 Å². The average molecular weight is 347 g/mol. The van der Waals surface area contributed by atoms with Crippen LogP contribution in [0.15, 0.2) is 47.4 Å². The first-order chi connectivity index (χ1) is 11.0. The molecular weight excluding hydrogens is 336 g/mol. The second-order valence-corrected chi connectivity index (χ2v) is 6.32. The SMILES string of the molecule is O=C(CSc1cccc(Cl)c1)Nc1ccc2c(c1)C(=O)NC2=O. The van der Waals surface area contributed by atoms with Gasteiger partial charge < -0.3 is 5.32 Å². The summed E-state index contributed by atoms with van der Waals surface area (Å²) in [6.07, 6.45) is 0. The van der Waals surface area contributed by atoms with Gasteiger partial charge in [0.25, 0.3) is 11.8 Å². The number of halogens is 1. The van der Waals surface area contributed by atoms with Crippen LogP contribution in [0.3, 0.4) is 0 Å². The lowest BCUT2D eigenvalue weighted by Gasteiger charge is -2.06. The van der Waals surface area contributed by atoms with Gasteiger partial charge in [-0.05, 0) is 36.4 Å². The van der Waals surface area contributed by atoms with E-state index in [0.29, 0.717) is 16.3 Å². The highest BCUT2D eigenvalue weighted by Gasteiger charge is 2.26. The fourth-order valence-electron chi connectivity index (χ4n) is 2.15. The molecule has 3 rings (SSSR count). The second-order valence-electron chi connectivity index (χ2n) is 4.84. The molecule has 23 heavy (non-hydrogen) atoms. The first-order valence-corrected chi connectivity index (χ1v) is 8.07. The molecule has 5 nitrogen and oxygen atoms in total. The Bertz CT molecular complexity index is 823. The predicted molar refractivity (Wildman–Crippen MR) is 89.0 cm³/mol. The highest BCUT2D eigenvalue weighted by atomic mass is 35.5. The topological polar surface area (TPSA) is 75.3 Å². The number of thioether (sulfide) groups is 1. The minimum Gasteiger partial charge on any atom is -0.325 e. The van der Waals surface area contributed by atoms with Gasteiger partial charge in [0.2, 0.25) is 5.91 Å². The fourth-order valence-corrected chi connectivity index (χ4v) is 3.16. The molecule has 0 unspecified atom stereocenters. The summed E-state index contributed by atoms with van der Waals surface area (Å²) in [5, 5.41) is 5.53. The first-order valence-electron chi connectivity index (χ1n) is 6.71. The van der Waals surface area contributed by atoms with Crippen molar-refractivity contribution in [2.45, 2.75) is 4.90 Å². The number of hydrogen-bond acceptors (Lipinski definition) is 4. The van der Waals surface area contributed by atoms with Crippen molar-refractivity contribution in [3.63, 3.8) is 0 Å². The van der Waals surface area contributed by atoms with Crippen LogP contribution in [-0.4, -0.2) is 23.5 Å². The molecule has 116 valence electrons. The van der Waals surface area contributed by atoms with Gasteiger partial charge in [-0.1, -0.05) is 17.7 Å². The van der Waals surface area contributed by atoms with Crippen molar-refractivity contribution < 1.29 is 14.4 Å². The summed E-state index contributed by atoms with van der Waals surface area (Å²) in [4.78, 5) is 35.9. The summed E-state index contributed by atoms with van der Waals surface area (Å²) < 4.78 is 0. The minimum absolute atomic E-state index is 0.209. The van der Waals surface area contributed by atoms with Gasteiger partial charge in [0, 0.05) is 15.6 Å². The van der Waals surface area contributed by atoms with Crippen molar-refractivity contribution >= 4 is 46.8 Å². The largest absolute Gasteiger partial charge is 0.325 e. The van der Waals surface area contributed by atoms with E-state index in [0.717, 1.165) is 4.90 Å². The van der Waals surface area contributed by atoms with E-state index in [1.165, 1.54) is 23.9 Å². The number of hydrogen-bond donors (Lipinski definition) is 2. The molecule has 0 radical (unpaired) electrons. The normalized spacial score (nSPS) is 12.7. The van der Waals surface area contributed by atoms with Crippen LogP contribution in [0.25, 0.3) is 0 Å². The average Bonchev–Trinajstić information content (AvgIpc) is 2.80. The van der Waals surface area contributed by atoms with Gasteiger partial charge in [0.05, 0.1) is 16.9 Å². The van der Waals surface area contributed by atoms with Crippen molar-refractivity contribution in [1.29, 1.82) is 0 Å². The van der Waals surface area contributed by atoms with Crippen LogP contribution in [0.4, 0.5) is 5.69 Å². The van der Waals surface area contributed by atoms with Gasteiger partial charge in [0.15, 0.2) is 0 Å². The molecule has 2 aromatic rings. The molecule has 2 N–H and O–H groups in total. The van der Waals surface area contributed by atoms with Crippen molar-refractivity contribution in [2.24, 2.45) is 0 Å². The Kier molecular flexibility index (Phi) is 4.36. The highest BCUT2D eigenvalue weighted by molar-refractivity contribution is 8.00. The summed E-state index contributed by atoms with van der Waals surface area (Å²) in [5.74, 6) is -0.865. The zero-order valence-electron chi connectivity index (χ0n) is 11.8. The number of amides is 3. The zero-order chi connectivity index (χ0) is 16.4. The van der Waals surface area contributed by atoms with E-state index < -0.39 is 11.8 Å². The van der Waals surface area contributed by atoms with Crippen molar-refractivity contribution in [2.75, 3.05) is 11.1 Å². The molecule has 1 heterocycles. The second kappa shape index (κ2) is 6.44. The van der Waals surface area contributed by atoms with Crippen LogP contribution in [0.1, 0.15) is 20.7 Å². The summed E-state index contributed by atoms with van der Waals surface area (Å²) in [7, 11) is 0. The van der Waals surface area contributed by atoms with E-state index in [2.05, 4.69) is 10.6 Å². The maximum absolute atomic E-state index is 12.0. The number of carbonyl (C=O) groups excluding carboxylic acids is 3. The fraction of sp³-hybridized carbons (Fsp3) is 0.0625. The van der Waals surface area contributed by atoms with Crippen LogP contribution in [-0.2, 0) is 4.79 Å². The van der Waals surface area contributed by atoms with E-state index in [1.807, 2.05) is 12.1 Å². The summed E-state index contributed by atoms with van der Waals surface area (Å²) >= 11 is 7.25. The Morgan fingerprint density at radius 3 is 2.65 bits per heavy atom. The molecule has 2 aromatic carbocycles. The number of anilines is 1. The molecule has 0 aliphatic carbocycles. The molecule has 0 fully saturated rings. The Hall–Kier alpha value is -2.31. The quantitative estimate of drug-likeness (QED) is 0.659. The number of imide groups is 1. The number of fused-ring (bicyclic) bond motifs is 1. The Morgan fingerprint density at radius 1 is 1.09 bits per heavy atom. The molecule has 1 aliphatic heterocycles. The molecule has 0 saturated heterocycles. The Balaban J connectivity index is 1.63. The van der Waals surface area contributed by atoms with Gasteiger partial charge in [0.1, 0.15) is 0 Å². The standard InChI is InChI=1S/C16H11ClN2O3S/c17-9-2-1-3-11(6-9)23-8-14(20)18-10-4-5-12-13(7-10)16(22)19-15(12)21/h1-7H,8H2,(H,18,20)(H,19,21,22). The molecule has 0 spiro atoms. The van der Waals surface area contributed by atoms with E-state index in [1.54, 1.807) is 18.2 Å². The van der Waals surface area contributed by atoms with Gasteiger partial charge in [-0.15, -0.1) is 11.8 Å². The lowest BCUT2D eigenvalue weighted by molar-refractivity contribution is -0.113. The Morgan fingerprint density at radius 2 is 1.87 bits per heavy atom. The molecule has 7 heteroatoms. The van der Waals surface area contributed by atoms with Crippen LogP contribution in [0.5, 0.6) is 0 Å². The predicted octanol–water partition coefficient (Wildman–Crippen LogP) is 2.95. The lowest BCUT2D eigenvalue weighted by Crippen LogP contribution is -2.19. The maximum atomic E-state index is 12.0. The highest BCUT2D eigenvalue weighted by Crippen LogP contribution is 2.23. The van der Waals surface area contributed by atoms with E-state index in [4.69, 9.17) is 11.6 Å². The summed E-state index contributed by atoms with van der Waals surface area (Å²) in [5.41, 5.74) is 1.07. The molecule has 0 saturated carbocycles. The van der Waals surface area contributed by atoms with Gasteiger partial charge >= 0.3 is 0 Å². The smallest absolute Gasteiger partial charge is 0.259 e. The molecule has 0 atom stereocenters. The minimum atomic E-state index is -0.450. The monoisotopic (exact) mass is 346 g/mol. The summed E-state index contributed by atoms with van der Waals surface area (Å²) in [6.45, 7) is 0. The van der Waals surface area contributed by atoms with E-state index in [9.17, 15) is 14.4 Å². The molecular formula is C16H11ClN2O3S. The lowest BCUT2D eigenvalue weighted by atomic mass is 10.1. The van der Waals surface area contributed by atoms with Gasteiger partial charge in [-0.25, -0.2) is 0 Å². The van der Waals surface area contributed by atoms with Crippen LogP contribution in [0, 0.1) is 0 Å². The molecule has 0 bridgehead atoms. The van der Waals surface area contributed by atoms with Crippen molar-refractivity contribution in [1.82, 2.24) is 5.32 Å². The van der Waals surface area contributed by atoms with Gasteiger partial charge in [-0.2, -0.15) is 0 Å². The van der Waals surface area contributed by atoms with Crippen LogP contribution in [0.2, 0.25) is 5.02 Å². The number of benzene rings is 2.